The largest absolute Gasteiger partial charge is 0.463 e. The van der Waals surface area contributed by atoms with E-state index in [4.69, 9.17) is 0 Å². The van der Waals surface area contributed by atoms with Crippen molar-refractivity contribution in [3.05, 3.63) is 0 Å². The van der Waals surface area contributed by atoms with E-state index >= 15 is 0 Å². The Morgan fingerprint density at radius 3 is 0.667 bits per heavy atom. The Morgan fingerprint density at radius 1 is 0.500 bits per heavy atom. The molecule has 0 saturated carbocycles. The molecule has 12 heavy (non-hydrogen) atoms. The van der Waals surface area contributed by atoms with Gasteiger partial charge in [0.25, 0.3) is 0 Å². The Labute approximate surface area is 73.1 Å². The zero-order valence-corrected chi connectivity index (χ0v) is 5.52. The van der Waals surface area contributed by atoms with E-state index in [-0.39, 0.29) is 18.9 Å². The van der Waals surface area contributed by atoms with Gasteiger partial charge in [0.15, 0.2) is 0 Å². The molecule has 1 radical (unpaired) electrons. The summed E-state index contributed by atoms with van der Waals surface area (Å²) in [4.78, 5) is 0. The van der Waals surface area contributed by atoms with Crippen molar-refractivity contribution in [1.29, 1.82) is 0 Å². The van der Waals surface area contributed by atoms with Gasteiger partial charge in [0.1, 0.15) is 0 Å². The van der Waals surface area contributed by atoms with Crippen molar-refractivity contribution in [3.63, 3.8) is 0 Å². The molecule has 0 unspecified atom stereocenters. The molecule has 0 bridgehead atoms. The zero-order chi connectivity index (χ0) is 9.50. The van der Waals surface area contributed by atoms with Gasteiger partial charge < -0.3 is 0 Å². The molecule has 0 nitrogen and oxygen atoms in total. The summed E-state index contributed by atoms with van der Waals surface area (Å²) in [6.07, 6.45) is -13.2. The molecule has 0 fully saturated rings. The van der Waals surface area contributed by atoms with Gasteiger partial charge in [-0.3, -0.25) is 0 Å². The number of halogens is 8. The van der Waals surface area contributed by atoms with Crippen LogP contribution < -0.4 is 0 Å². The first kappa shape index (κ1) is 14.6. The topological polar surface area (TPSA) is 0 Å². The van der Waals surface area contributed by atoms with Crippen LogP contribution in [0.15, 0.2) is 0 Å². The summed E-state index contributed by atoms with van der Waals surface area (Å²) in [5.41, 5.74) is 0. The summed E-state index contributed by atoms with van der Waals surface area (Å²) < 4.78 is 87.5. The molecule has 0 aromatic carbocycles. The van der Waals surface area contributed by atoms with E-state index in [2.05, 4.69) is 0 Å². The minimum Gasteiger partial charge on any atom is -0.186 e. The Kier molecular flexibility index (Phi) is 4.15. The maximum atomic E-state index is 11.2. The summed E-state index contributed by atoms with van der Waals surface area (Å²) in [6.45, 7) is 0. The predicted octanol–water partition coefficient (Wildman–Crippen LogP) is 2.37. The summed E-state index contributed by atoms with van der Waals surface area (Å²) >= 11 is 0. The average Bonchev–Trinajstić information content (AvgIpc) is 1.58. The van der Waals surface area contributed by atoms with Gasteiger partial charge in [0, 0.05) is 18.9 Å². The van der Waals surface area contributed by atoms with Gasteiger partial charge in [-0.05, 0) is 0 Å². The molecule has 9 heteroatoms. The maximum absolute atomic E-state index is 11.2. The van der Waals surface area contributed by atoms with Crippen molar-refractivity contribution in [1.82, 2.24) is 0 Å². The summed E-state index contributed by atoms with van der Waals surface area (Å²) in [6, 6.07) is 0. The van der Waals surface area contributed by atoms with Crippen molar-refractivity contribution in [2.24, 2.45) is 0 Å². The third kappa shape index (κ3) is 2.52. The van der Waals surface area contributed by atoms with Crippen LogP contribution in [0.25, 0.3) is 0 Å². The van der Waals surface area contributed by atoms with Gasteiger partial charge in [-0.25, -0.2) is 0 Å². The minimum atomic E-state index is -6.62. The van der Waals surface area contributed by atoms with Gasteiger partial charge in [-0.15, -0.1) is 0 Å². The maximum Gasteiger partial charge on any atom is 0.463 e. The van der Waals surface area contributed by atoms with Crippen molar-refractivity contribution >= 4 is 18.9 Å². The van der Waals surface area contributed by atoms with Crippen LogP contribution in [0.5, 0.6) is 0 Å². The van der Waals surface area contributed by atoms with Crippen LogP contribution in [0.2, 0.25) is 0 Å². The fourth-order valence-corrected chi connectivity index (χ4v) is 0.161. The molecule has 0 rings (SSSR count). The van der Waals surface area contributed by atoms with Crippen molar-refractivity contribution in [2.75, 3.05) is 0 Å². The molecule has 0 saturated heterocycles. The number of hydrogen-bond donors (Lipinski definition) is 0. The summed E-state index contributed by atoms with van der Waals surface area (Å²) in [5, 5.41) is 0. The van der Waals surface area contributed by atoms with Crippen molar-refractivity contribution in [2.45, 2.75) is 18.3 Å². The Morgan fingerprint density at radius 2 is 0.667 bits per heavy atom. The molecule has 0 N–H and O–H groups in total. The second-order valence-corrected chi connectivity index (χ2v) is 1.57. The minimum absolute atomic E-state index is 0. The van der Waals surface area contributed by atoms with Gasteiger partial charge >= 0.3 is 18.3 Å². The van der Waals surface area contributed by atoms with E-state index < -0.39 is 18.3 Å². The van der Waals surface area contributed by atoms with Gasteiger partial charge in [0.2, 0.25) is 0 Å². The summed E-state index contributed by atoms with van der Waals surface area (Å²) in [7, 11) is 0. The smallest absolute Gasteiger partial charge is 0.186 e. The third-order valence-electron chi connectivity index (χ3n) is 0.712. The van der Waals surface area contributed by atoms with Crippen molar-refractivity contribution in [3.8, 4) is 0 Å². The Bertz CT molecular complexity index is 125. The first-order chi connectivity index (χ1) is 4.50. The molecule has 69 valence electrons. The van der Waals surface area contributed by atoms with Crippen LogP contribution in [0, 0.1) is 0 Å². The van der Waals surface area contributed by atoms with E-state index in [1.54, 1.807) is 0 Å². The summed E-state index contributed by atoms with van der Waals surface area (Å²) in [5.74, 6) is -6.62. The van der Waals surface area contributed by atoms with Gasteiger partial charge in [-0.2, -0.15) is 35.1 Å². The first-order valence-corrected chi connectivity index (χ1v) is 2.01. The number of alkyl halides is 8. The predicted molar refractivity (Wildman–Crippen MR) is 22.8 cm³/mol. The van der Waals surface area contributed by atoms with Crippen LogP contribution in [0.3, 0.4) is 0 Å². The van der Waals surface area contributed by atoms with Crippen LogP contribution in [-0.4, -0.2) is 37.1 Å². The Balaban J connectivity index is 0. The Hall–Kier alpha value is 0.0374. The zero-order valence-electron chi connectivity index (χ0n) is 5.52. The third-order valence-corrected chi connectivity index (χ3v) is 0.712. The van der Waals surface area contributed by atoms with Gasteiger partial charge in [-0.1, -0.05) is 0 Å². The quantitative estimate of drug-likeness (QED) is 0.411. The molecular formula is C3F8Li. The monoisotopic (exact) mass is 195 g/mol. The fourth-order valence-electron chi connectivity index (χ4n) is 0.161. The van der Waals surface area contributed by atoms with Crippen LogP contribution in [0.4, 0.5) is 35.1 Å². The van der Waals surface area contributed by atoms with E-state index in [1.807, 2.05) is 0 Å². The van der Waals surface area contributed by atoms with E-state index in [9.17, 15) is 35.1 Å². The van der Waals surface area contributed by atoms with Crippen LogP contribution >= 0.6 is 0 Å². The molecule has 0 aliphatic rings. The van der Waals surface area contributed by atoms with E-state index in [0.29, 0.717) is 0 Å². The molecule has 0 amide bonds. The van der Waals surface area contributed by atoms with Gasteiger partial charge in [0.05, 0.1) is 0 Å². The van der Waals surface area contributed by atoms with Crippen LogP contribution in [-0.2, 0) is 0 Å². The molecule has 0 aromatic heterocycles. The SMILES string of the molecule is FC(F)(F)C(F)(F)C(F)(F)F.[Li]. The normalized spacial score (nSPS) is 14.0. The molecule has 0 aliphatic carbocycles. The molecule has 0 heterocycles. The number of hydrogen-bond acceptors (Lipinski definition) is 0. The van der Waals surface area contributed by atoms with E-state index in [1.165, 1.54) is 0 Å². The average molecular weight is 195 g/mol. The molecule has 0 atom stereocenters. The second kappa shape index (κ2) is 3.42. The molecular weight excluding hydrogens is 195 g/mol. The molecule has 0 spiro atoms. The molecule has 0 aromatic rings. The molecule has 0 aliphatic heterocycles. The first-order valence-electron chi connectivity index (χ1n) is 2.01. The van der Waals surface area contributed by atoms with Crippen molar-refractivity contribution < 1.29 is 35.1 Å². The van der Waals surface area contributed by atoms with E-state index in [0.717, 1.165) is 0 Å². The fraction of sp³-hybridized carbons (Fsp3) is 1.00. The second-order valence-electron chi connectivity index (χ2n) is 1.57. The van der Waals surface area contributed by atoms with Crippen LogP contribution in [0.1, 0.15) is 0 Å². The standard InChI is InChI=1S/C3F8.Li/c4-1(5,2(6,7)8)3(9,10)11;. The number of rotatable bonds is 0.